The van der Waals surface area contributed by atoms with E-state index >= 15 is 4.39 Å². The molecule has 0 radical (unpaired) electrons. The van der Waals surface area contributed by atoms with Crippen molar-refractivity contribution in [1.82, 2.24) is 0 Å². The monoisotopic (exact) mass is 546 g/mol. The average Bonchev–Trinajstić information content (AvgIpc) is 3.75. The van der Waals surface area contributed by atoms with E-state index in [9.17, 15) is 4.79 Å². The quantitative estimate of drug-likeness (QED) is 0.213. The summed E-state index contributed by atoms with van der Waals surface area (Å²) in [6.45, 7) is 11.4. The molecule has 0 aromatic heterocycles. The average molecular weight is 547 g/mol. The van der Waals surface area contributed by atoms with Crippen LogP contribution in [0.5, 0.6) is 11.5 Å². The maximum absolute atomic E-state index is 15.0. The van der Waals surface area contributed by atoms with E-state index in [0.717, 1.165) is 34.4 Å². The number of hydrogen-bond acceptors (Lipinski definition) is 4. The molecule has 3 aromatic rings. The predicted octanol–water partition coefficient (Wildman–Crippen LogP) is 9.07. The molecule has 4 rings (SSSR count). The molecule has 0 bridgehead atoms. The summed E-state index contributed by atoms with van der Waals surface area (Å²) >= 11 is 0. The standard InChI is InChI=1S/C35H43FO4/c1-7-39-34(37)20-27(17-24-11-12-24)26-9-8-10-29(19-26)40-22-25-13-15-30(31(18-25)23(2)35(3,4)5)32-21-28(38-6)14-16-33(32)36/h8-10,13-16,18-19,21,23-24,27H,7,11-12,17,20,22H2,1-6H3/t23?,27-/m0/s1. The first-order valence-electron chi connectivity index (χ1n) is 14.4. The van der Waals surface area contributed by atoms with Crippen molar-refractivity contribution in [2.75, 3.05) is 13.7 Å². The van der Waals surface area contributed by atoms with Gasteiger partial charge in [-0.2, -0.15) is 0 Å². The topological polar surface area (TPSA) is 44.8 Å². The van der Waals surface area contributed by atoms with Gasteiger partial charge < -0.3 is 14.2 Å². The summed E-state index contributed by atoms with van der Waals surface area (Å²) in [6, 6.07) is 19.1. The molecular weight excluding hydrogens is 503 g/mol. The van der Waals surface area contributed by atoms with Crippen LogP contribution in [-0.2, 0) is 16.1 Å². The Morgan fingerprint density at radius 2 is 1.77 bits per heavy atom. The van der Waals surface area contributed by atoms with Gasteiger partial charge in [0.2, 0.25) is 0 Å². The van der Waals surface area contributed by atoms with E-state index in [2.05, 4.69) is 45.9 Å². The minimum atomic E-state index is -0.271. The van der Waals surface area contributed by atoms with Crippen molar-refractivity contribution >= 4 is 5.97 Å². The molecule has 1 fully saturated rings. The molecule has 2 atom stereocenters. The fourth-order valence-electron chi connectivity index (χ4n) is 5.15. The lowest BCUT2D eigenvalue weighted by Gasteiger charge is -2.30. The summed E-state index contributed by atoms with van der Waals surface area (Å²) < 4.78 is 31.9. The number of rotatable bonds is 12. The predicted molar refractivity (Wildman–Crippen MR) is 158 cm³/mol. The summed E-state index contributed by atoms with van der Waals surface area (Å²) in [7, 11) is 1.59. The van der Waals surface area contributed by atoms with Crippen LogP contribution in [0.2, 0.25) is 0 Å². The van der Waals surface area contributed by atoms with Crippen LogP contribution >= 0.6 is 0 Å². The first kappa shape index (κ1) is 29.6. The van der Waals surface area contributed by atoms with E-state index in [1.807, 2.05) is 31.2 Å². The van der Waals surface area contributed by atoms with Crippen molar-refractivity contribution in [1.29, 1.82) is 0 Å². The molecule has 3 aromatic carbocycles. The Balaban J connectivity index is 1.58. The maximum atomic E-state index is 15.0. The zero-order valence-electron chi connectivity index (χ0n) is 24.8. The fraction of sp³-hybridized carbons (Fsp3) is 0.457. The van der Waals surface area contributed by atoms with Crippen molar-refractivity contribution in [3.8, 4) is 22.6 Å². The number of halogens is 1. The van der Waals surface area contributed by atoms with Gasteiger partial charge in [-0.25, -0.2) is 4.39 Å². The molecule has 0 saturated heterocycles. The molecule has 40 heavy (non-hydrogen) atoms. The second-order valence-electron chi connectivity index (χ2n) is 12.1. The number of methoxy groups -OCH3 is 1. The lowest BCUT2D eigenvalue weighted by atomic mass is 9.75. The van der Waals surface area contributed by atoms with Crippen LogP contribution in [0.1, 0.15) is 88.8 Å². The van der Waals surface area contributed by atoms with E-state index < -0.39 is 0 Å². The lowest BCUT2D eigenvalue weighted by molar-refractivity contribution is -0.143. The molecule has 5 heteroatoms. The summed E-state index contributed by atoms with van der Waals surface area (Å²) in [4.78, 5) is 12.3. The Morgan fingerprint density at radius 3 is 2.45 bits per heavy atom. The maximum Gasteiger partial charge on any atom is 0.306 e. The summed E-state index contributed by atoms with van der Waals surface area (Å²) in [5, 5.41) is 0. The molecule has 1 aliphatic carbocycles. The van der Waals surface area contributed by atoms with Crippen LogP contribution in [0.3, 0.4) is 0 Å². The number of esters is 1. The molecule has 0 heterocycles. The van der Waals surface area contributed by atoms with Crippen LogP contribution in [0.4, 0.5) is 4.39 Å². The second-order valence-corrected chi connectivity index (χ2v) is 12.1. The van der Waals surface area contributed by atoms with Crippen molar-refractivity contribution in [3.63, 3.8) is 0 Å². The SMILES string of the molecule is CCOC(=O)C[C@H](CC1CC1)c1cccc(OCc2ccc(-c3cc(OC)ccc3F)c(C(C)C(C)(C)C)c2)c1. The molecule has 1 unspecified atom stereocenters. The van der Waals surface area contributed by atoms with Crippen molar-refractivity contribution in [3.05, 3.63) is 83.2 Å². The van der Waals surface area contributed by atoms with Crippen LogP contribution in [0, 0.1) is 17.2 Å². The Kier molecular flexibility index (Phi) is 9.55. The molecule has 0 N–H and O–H groups in total. The minimum absolute atomic E-state index is 0.0204. The van der Waals surface area contributed by atoms with E-state index in [1.54, 1.807) is 19.2 Å². The minimum Gasteiger partial charge on any atom is -0.497 e. The highest BCUT2D eigenvalue weighted by atomic mass is 19.1. The van der Waals surface area contributed by atoms with Gasteiger partial charge in [0.25, 0.3) is 0 Å². The van der Waals surface area contributed by atoms with Gasteiger partial charge in [0.1, 0.15) is 23.9 Å². The Bertz CT molecular complexity index is 1300. The molecule has 1 saturated carbocycles. The molecule has 1 aliphatic rings. The zero-order chi connectivity index (χ0) is 28.9. The largest absolute Gasteiger partial charge is 0.497 e. The Morgan fingerprint density at radius 1 is 1.00 bits per heavy atom. The number of ether oxygens (including phenoxy) is 3. The third-order valence-corrected chi connectivity index (χ3v) is 8.11. The van der Waals surface area contributed by atoms with Crippen molar-refractivity contribution < 1.29 is 23.4 Å². The van der Waals surface area contributed by atoms with Gasteiger partial charge in [-0.15, -0.1) is 0 Å². The Hall–Kier alpha value is -3.34. The van der Waals surface area contributed by atoms with E-state index in [4.69, 9.17) is 14.2 Å². The number of hydrogen-bond donors (Lipinski definition) is 0. The molecule has 214 valence electrons. The highest BCUT2D eigenvalue weighted by Gasteiger charge is 2.29. The lowest BCUT2D eigenvalue weighted by Crippen LogP contribution is -2.16. The van der Waals surface area contributed by atoms with E-state index in [0.29, 0.717) is 36.9 Å². The number of carbonyl (C=O) groups excluding carboxylic acids is 1. The van der Waals surface area contributed by atoms with Crippen molar-refractivity contribution in [2.24, 2.45) is 11.3 Å². The molecule has 0 amide bonds. The van der Waals surface area contributed by atoms with Gasteiger partial charge in [-0.05, 0) is 89.1 Å². The third-order valence-electron chi connectivity index (χ3n) is 8.11. The molecule has 4 nitrogen and oxygen atoms in total. The van der Waals surface area contributed by atoms with Crippen LogP contribution in [0.15, 0.2) is 60.7 Å². The summed E-state index contributed by atoms with van der Waals surface area (Å²) in [5.74, 6) is 1.98. The Labute approximate surface area is 238 Å². The smallest absolute Gasteiger partial charge is 0.306 e. The highest BCUT2D eigenvalue weighted by Crippen LogP contribution is 2.42. The number of benzene rings is 3. The zero-order valence-corrected chi connectivity index (χ0v) is 24.8. The normalized spacial score (nSPS) is 14.9. The van der Waals surface area contributed by atoms with Crippen LogP contribution in [0.25, 0.3) is 11.1 Å². The summed E-state index contributed by atoms with van der Waals surface area (Å²) in [5.41, 5.74) is 4.59. The van der Waals surface area contributed by atoms with Crippen molar-refractivity contribution in [2.45, 2.75) is 78.7 Å². The first-order valence-corrected chi connectivity index (χ1v) is 14.4. The van der Waals surface area contributed by atoms with Gasteiger partial charge in [-0.1, -0.05) is 70.9 Å². The molecule has 0 aliphatic heterocycles. The summed E-state index contributed by atoms with van der Waals surface area (Å²) in [6.07, 6.45) is 3.86. The molecular formula is C35H43FO4. The van der Waals surface area contributed by atoms with Gasteiger partial charge in [-0.3, -0.25) is 4.79 Å². The number of carbonyl (C=O) groups is 1. The van der Waals surface area contributed by atoms with Gasteiger partial charge in [0.15, 0.2) is 0 Å². The van der Waals surface area contributed by atoms with Crippen LogP contribution < -0.4 is 9.47 Å². The van der Waals surface area contributed by atoms with Crippen LogP contribution in [-0.4, -0.2) is 19.7 Å². The fourth-order valence-corrected chi connectivity index (χ4v) is 5.15. The highest BCUT2D eigenvalue weighted by molar-refractivity contribution is 5.71. The third kappa shape index (κ3) is 7.65. The van der Waals surface area contributed by atoms with E-state index in [1.165, 1.54) is 18.9 Å². The van der Waals surface area contributed by atoms with Gasteiger partial charge >= 0.3 is 5.97 Å². The second kappa shape index (κ2) is 12.9. The van der Waals surface area contributed by atoms with E-state index in [-0.39, 0.29) is 29.0 Å². The molecule has 0 spiro atoms. The first-order chi connectivity index (χ1) is 19.1. The van der Waals surface area contributed by atoms with Gasteiger partial charge in [0, 0.05) is 5.56 Å². The van der Waals surface area contributed by atoms with Gasteiger partial charge in [0.05, 0.1) is 20.1 Å².